The van der Waals surface area contributed by atoms with Crippen molar-refractivity contribution in [1.29, 1.82) is 0 Å². The number of carbonyl (C=O) groups excluding carboxylic acids is 1. The number of benzene rings is 2. The highest BCUT2D eigenvalue weighted by atomic mass is 16.5. The number of rotatable bonds is 8. The Hall–Kier alpha value is -2.57. The van der Waals surface area contributed by atoms with Gasteiger partial charge in [0.1, 0.15) is 5.75 Å². The van der Waals surface area contributed by atoms with Crippen LogP contribution in [0.1, 0.15) is 28.9 Å². The van der Waals surface area contributed by atoms with Gasteiger partial charge in [0.15, 0.2) is 0 Å². The van der Waals surface area contributed by atoms with Crippen LogP contribution in [0.2, 0.25) is 0 Å². The molecule has 1 saturated heterocycles. The van der Waals surface area contributed by atoms with Crippen molar-refractivity contribution >= 4 is 11.6 Å². The van der Waals surface area contributed by atoms with Gasteiger partial charge in [0.05, 0.1) is 31.4 Å². The molecule has 0 spiro atoms. The largest absolute Gasteiger partial charge is 0.493 e. The third-order valence-corrected chi connectivity index (χ3v) is 5.17. The Labute approximate surface area is 173 Å². The summed E-state index contributed by atoms with van der Waals surface area (Å²) in [5.74, 6) is 0.503. The highest BCUT2D eigenvalue weighted by molar-refractivity contribution is 5.96. The second-order valence-corrected chi connectivity index (χ2v) is 7.29. The SMILES string of the molecule is CCOc1ccccc1C(=O)NC[C@H](c1ccc(N(C)C)cc1)N1CCOCC1. The summed E-state index contributed by atoms with van der Waals surface area (Å²) in [5, 5.41) is 3.12. The molecular weight excluding hydrogens is 366 g/mol. The fourth-order valence-corrected chi connectivity index (χ4v) is 3.56. The van der Waals surface area contributed by atoms with Gasteiger partial charge >= 0.3 is 0 Å². The number of ether oxygens (including phenoxy) is 2. The molecule has 6 heteroatoms. The summed E-state index contributed by atoms with van der Waals surface area (Å²) in [6.07, 6.45) is 0. The van der Waals surface area contributed by atoms with Gasteiger partial charge in [0, 0.05) is 39.4 Å². The van der Waals surface area contributed by atoms with Crippen molar-refractivity contribution in [3.05, 3.63) is 59.7 Å². The van der Waals surface area contributed by atoms with Crippen molar-refractivity contribution in [2.24, 2.45) is 0 Å². The molecule has 29 heavy (non-hydrogen) atoms. The first-order valence-corrected chi connectivity index (χ1v) is 10.2. The van der Waals surface area contributed by atoms with E-state index in [1.807, 2.05) is 39.2 Å². The first kappa shape index (κ1) is 21.1. The molecule has 0 aromatic heterocycles. The average Bonchev–Trinajstić information content (AvgIpc) is 2.75. The molecule has 0 aliphatic carbocycles. The summed E-state index contributed by atoms with van der Waals surface area (Å²) in [7, 11) is 4.06. The fourth-order valence-electron chi connectivity index (χ4n) is 3.56. The van der Waals surface area contributed by atoms with E-state index in [4.69, 9.17) is 9.47 Å². The quantitative estimate of drug-likeness (QED) is 0.742. The lowest BCUT2D eigenvalue weighted by Gasteiger charge is -2.35. The van der Waals surface area contributed by atoms with Crippen LogP contribution in [-0.4, -0.2) is 64.4 Å². The van der Waals surface area contributed by atoms with Crippen LogP contribution < -0.4 is 15.0 Å². The Morgan fingerprint density at radius 1 is 1.14 bits per heavy atom. The minimum absolute atomic E-state index is 0.0957. The summed E-state index contributed by atoms with van der Waals surface area (Å²) >= 11 is 0. The second-order valence-electron chi connectivity index (χ2n) is 7.29. The monoisotopic (exact) mass is 397 g/mol. The van der Waals surface area contributed by atoms with Crippen molar-refractivity contribution in [3.8, 4) is 5.75 Å². The minimum atomic E-state index is -0.114. The summed E-state index contributed by atoms with van der Waals surface area (Å²) in [6, 6.07) is 16.0. The Morgan fingerprint density at radius 2 is 1.83 bits per heavy atom. The van der Waals surface area contributed by atoms with Crippen LogP contribution in [0.5, 0.6) is 5.75 Å². The molecule has 1 aliphatic heterocycles. The number of amides is 1. The Balaban J connectivity index is 1.75. The number of para-hydroxylation sites is 1. The van der Waals surface area contributed by atoms with Gasteiger partial charge in [-0.2, -0.15) is 0 Å². The normalized spacial score (nSPS) is 15.6. The summed E-state index contributed by atoms with van der Waals surface area (Å²) in [5.41, 5.74) is 2.91. The standard InChI is InChI=1S/C23H31N3O3/c1-4-29-22-8-6-5-7-20(22)23(27)24-17-21(26-13-15-28-16-14-26)18-9-11-19(12-10-18)25(2)3/h5-12,21H,4,13-17H2,1-3H3,(H,24,27)/t21-/m1/s1. The van der Waals surface area contributed by atoms with E-state index in [0.717, 1.165) is 18.8 Å². The first-order valence-electron chi connectivity index (χ1n) is 10.2. The van der Waals surface area contributed by atoms with Crippen LogP contribution in [0.15, 0.2) is 48.5 Å². The van der Waals surface area contributed by atoms with Crippen LogP contribution in [0.25, 0.3) is 0 Å². The van der Waals surface area contributed by atoms with Crippen molar-refractivity contribution in [2.45, 2.75) is 13.0 Å². The predicted octanol–water partition coefficient (Wildman–Crippen LogP) is 2.95. The third kappa shape index (κ3) is 5.49. The summed E-state index contributed by atoms with van der Waals surface area (Å²) in [6.45, 7) is 6.11. The maximum Gasteiger partial charge on any atom is 0.255 e. The molecule has 6 nitrogen and oxygen atoms in total. The zero-order chi connectivity index (χ0) is 20.6. The van der Waals surface area contributed by atoms with Crippen molar-refractivity contribution in [2.75, 3.05) is 58.5 Å². The van der Waals surface area contributed by atoms with Gasteiger partial charge in [-0.25, -0.2) is 0 Å². The lowest BCUT2D eigenvalue weighted by molar-refractivity contribution is 0.0162. The topological polar surface area (TPSA) is 54.0 Å². The van der Waals surface area contributed by atoms with Crippen LogP contribution in [0.3, 0.4) is 0 Å². The van der Waals surface area contributed by atoms with Crippen LogP contribution in [0.4, 0.5) is 5.69 Å². The molecule has 2 aromatic carbocycles. The molecule has 1 atom stereocenters. The maximum atomic E-state index is 12.9. The minimum Gasteiger partial charge on any atom is -0.493 e. The lowest BCUT2D eigenvalue weighted by Crippen LogP contribution is -2.43. The molecule has 0 radical (unpaired) electrons. The number of hydrogen-bond acceptors (Lipinski definition) is 5. The van der Waals surface area contributed by atoms with Gasteiger partial charge in [-0.3, -0.25) is 9.69 Å². The second kappa shape index (κ2) is 10.3. The number of hydrogen-bond donors (Lipinski definition) is 1. The molecule has 1 heterocycles. The predicted molar refractivity (Wildman–Crippen MR) is 116 cm³/mol. The summed E-state index contributed by atoms with van der Waals surface area (Å²) < 4.78 is 11.1. The van der Waals surface area contributed by atoms with E-state index >= 15 is 0 Å². The number of carbonyl (C=O) groups is 1. The molecule has 0 unspecified atom stereocenters. The maximum absolute atomic E-state index is 12.9. The summed E-state index contributed by atoms with van der Waals surface area (Å²) in [4.78, 5) is 17.3. The number of nitrogens with zero attached hydrogens (tertiary/aromatic N) is 2. The van der Waals surface area contributed by atoms with E-state index in [-0.39, 0.29) is 11.9 Å². The molecule has 0 bridgehead atoms. The number of anilines is 1. The van der Waals surface area contributed by atoms with Gasteiger partial charge in [-0.1, -0.05) is 24.3 Å². The fraction of sp³-hybridized carbons (Fsp3) is 0.435. The van der Waals surface area contributed by atoms with Crippen molar-refractivity contribution in [3.63, 3.8) is 0 Å². The van der Waals surface area contributed by atoms with E-state index in [0.29, 0.717) is 37.7 Å². The molecular formula is C23H31N3O3. The van der Waals surface area contributed by atoms with Gasteiger partial charge in [0.25, 0.3) is 5.91 Å². The highest BCUT2D eigenvalue weighted by Crippen LogP contribution is 2.24. The highest BCUT2D eigenvalue weighted by Gasteiger charge is 2.24. The molecule has 156 valence electrons. The number of nitrogens with one attached hydrogen (secondary N) is 1. The third-order valence-electron chi connectivity index (χ3n) is 5.17. The van der Waals surface area contributed by atoms with Gasteiger partial charge in [0.2, 0.25) is 0 Å². The Kier molecular flexibility index (Phi) is 7.49. The number of morpholine rings is 1. The lowest BCUT2D eigenvalue weighted by atomic mass is 10.0. The molecule has 3 rings (SSSR count). The Bertz CT molecular complexity index is 786. The van der Waals surface area contributed by atoms with Crippen molar-refractivity contribution in [1.82, 2.24) is 10.2 Å². The molecule has 0 saturated carbocycles. The molecule has 1 aliphatic rings. The van der Waals surface area contributed by atoms with Gasteiger partial charge < -0.3 is 19.7 Å². The van der Waals surface area contributed by atoms with E-state index in [9.17, 15) is 4.79 Å². The van der Waals surface area contributed by atoms with E-state index in [1.165, 1.54) is 5.56 Å². The van der Waals surface area contributed by atoms with E-state index in [1.54, 1.807) is 6.07 Å². The Morgan fingerprint density at radius 3 is 2.48 bits per heavy atom. The molecule has 2 aromatic rings. The molecule has 1 amide bonds. The van der Waals surface area contributed by atoms with Crippen LogP contribution >= 0.6 is 0 Å². The average molecular weight is 398 g/mol. The van der Waals surface area contributed by atoms with Gasteiger partial charge in [-0.05, 0) is 36.8 Å². The van der Waals surface area contributed by atoms with Crippen molar-refractivity contribution < 1.29 is 14.3 Å². The molecule has 1 N–H and O–H groups in total. The van der Waals surface area contributed by atoms with Crippen LogP contribution in [0, 0.1) is 0 Å². The van der Waals surface area contributed by atoms with Crippen LogP contribution in [-0.2, 0) is 4.74 Å². The zero-order valence-corrected chi connectivity index (χ0v) is 17.6. The first-order chi connectivity index (χ1) is 14.1. The smallest absolute Gasteiger partial charge is 0.255 e. The van der Waals surface area contributed by atoms with E-state index in [2.05, 4.69) is 39.4 Å². The zero-order valence-electron chi connectivity index (χ0n) is 17.6. The van der Waals surface area contributed by atoms with Gasteiger partial charge in [-0.15, -0.1) is 0 Å². The molecule has 1 fully saturated rings. The van der Waals surface area contributed by atoms with E-state index < -0.39 is 0 Å².